The van der Waals surface area contributed by atoms with Crippen molar-refractivity contribution in [1.82, 2.24) is 0 Å². The minimum atomic E-state index is 0. The molecule has 0 bridgehead atoms. The molecule has 0 aliphatic carbocycles. The molecule has 2 aromatic carbocycles. The van der Waals surface area contributed by atoms with Gasteiger partial charge in [-0.3, -0.25) is 0 Å². The lowest BCUT2D eigenvalue weighted by molar-refractivity contribution is -0.685. The van der Waals surface area contributed by atoms with Crippen LogP contribution >= 0.6 is 0 Å². The van der Waals surface area contributed by atoms with Gasteiger partial charge in [-0.25, -0.2) is 0 Å². The van der Waals surface area contributed by atoms with Crippen molar-refractivity contribution in [2.75, 3.05) is 20.8 Å². The van der Waals surface area contributed by atoms with Gasteiger partial charge in [0.05, 0.1) is 26.8 Å². The summed E-state index contributed by atoms with van der Waals surface area (Å²) < 4.78 is 10.6. The molecule has 0 saturated carbocycles. The average molecular weight is 336 g/mol. The molecule has 4 heteroatoms. The zero-order valence-electron chi connectivity index (χ0n) is 14.1. The average Bonchev–Trinajstić information content (AvgIpc) is 2.55. The van der Waals surface area contributed by atoms with E-state index in [1.807, 2.05) is 6.07 Å². The molecular weight excluding hydrogens is 310 g/mol. The molecule has 0 radical (unpaired) electrons. The number of hydrogen-bond donors (Lipinski definition) is 1. The number of quaternary nitrogens is 1. The molecule has 2 N–H and O–H groups in total. The Morgan fingerprint density at radius 1 is 0.913 bits per heavy atom. The molecule has 126 valence electrons. The Hall–Kier alpha value is -1.71. The summed E-state index contributed by atoms with van der Waals surface area (Å²) in [6.45, 7) is 3.35. The summed E-state index contributed by atoms with van der Waals surface area (Å²) in [4.78, 5) is 0. The lowest BCUT2D eigenvalue weighted by Gasteiger charge is -2.12. The normalized spacial score (nSPS) is 11.4. The van der Waals surface area contributed by atoms with Crippen molar-refractivity contribution in [2.24, 2.45) is 0 Å². The second kappa shape index (κ2) is 10.1. The van der Waals surface area contributed by atoms with Gasteiger partial charge in [-0.05, 0) is 30.2 Å². The fraction of sp³-hybridized carbons (Fsp3) is 0.368. The number of rotatable bonds is 8. The smallest absolute Gasteiger partial charge is 0.160 e. The molecular formula is C19H26ClNO2. The van der Waals surface area contributed by atoms with Gasteiger partial charge in [-0.15, -0.1) is 0 Å². The molecule has 2 aromatic rings. The first kappa shape index (κ1) is 19.3. The van der Waals surface area contributed by atoms with E-state index >= 15 is 0 Å². The van der Waals surface area contributed by atoms with Gasteiger partial charge in [0.2, 0.25) is 0 Å². The third-order valence-corrected chi connectivity index (χ3v) is 3.85. The van der Waals surface area contributed by atoms with E-state index in [0.717, 1.165) is 30.9 Å². The van der Waals surface area contributed by atoms with Crippen LogP contribution in [-0.2, 0) is 12.8 Å². The third-order valence-electron chi connectivity index (χ3n) is 3.85. The highest BCUT2D eigenvalue weighted by molar-refractivity contribution is 5.42. The molecule has 0 fully saturated rings. The van der Waals surface area contributed by atoms with Crippen molar-refractivity contribution in [1.29, 1.82) is 0 Å². The van der Waals surface area contributed by atoms with Gasteiger partial charge >= 0.3 is 0 Å². The molecule has 1 atom stereocenters. The molecule has 0 spiro atoms. The van der Waals surface area contributed by atoms with Crippen molar-refractivity contribution >= 4 is 0 Å². The Bertz CT molecular complexity index is 575. The summed E-state index contributed by atoms with van der Waals surface area (Å²) in [6, 6.07) is 17.4. The fourth-order valence-electron chi connectivity index (χ4n) is 2.64. The van der Waals surface area contributed by atoms with E-state index in [-0.39, 0.29) is 12.4 Å². The highest BCUT2D eigenvalue weighted by atomic mass is 35.5. The van der Waals surface area contributed by atoms with Gasteiger partial charge in [-0.2, -0.15) is 0 Å². The Balaban J connectivity index is 0.00000264. The Morgan fingerprint density at radius 3 is 2.26 bits per heavy atom. The monoisotopic (exact) mass is 335 g/mol. The van der Waals surface area contributed by atoms with Crippen molar-refractivity contribution in [3.8, 4) is 11.5 Å². The van der Waals surface area contributed by atoms with E-state index in [2.05, 4.69) is 54.7 Å². The van der Waals surface area contributed by atoms with Crippen molar-refractivity contribution < 1.29 is 27.2 Å². The molecule has 0 saturated heterocycles. The van der Waals surface area contributed by atoms with Crippen LogP contribution in [-0.4, -0.2) is 26.8 Å². The first-order valence-electron chi connectivity index (χ1n) is 7.81. The maximum atomic E-state index is 5.35. The standard InChI is InChI=1S/C19H25NO2.ClH/c1-15(13-16-7-5-4-6-8-16)20-12-11-17-9-10-18(21-2)19(14-17)22-3;/h4-10,14-15,20H,11-13H2,1-3H3;1H. The maximum Gasteiger partial charge on any atom is 0.160 e. The van der Waals surface area contributed by atoms with Crippen LogP contribution in [0.25, 0.3) is 0 Å². The minimum Gasteiger partial charge on any atom is -1.00 e. The van der Waals surface area contributed by atoms with Gasteiger partial charge in [0.25, 0.3) is 0 Å². The maximum absolute atomic E-state index is 5.35. The summed E-state index contributed by atoms with van der Waals surface area (Å²) in [5, 5.41) is 2.41. The number of halogens is 1. The highest BCUT2D eigenvalue weighted by Gasteiger charge is 2.08. The van der Waals surface area contributed by atoms with Crippen LogP contribution in [0, 0.1) is 0 Å². The van der Waals surface area contributed by atoms with Crippen LogP contribution in [0.2, 0.25) is 0 Å². The largest absolute Gasteiger partial charge is 1.00 e. The summed E-state index contributed by atoms with van der Waals surface area (Å²) >= 11 is 0. The van der Waals surface area contributed by atoms with Crippen LogP contribution in [0.1, 0.15) is 18.1 Å². The second-order valence-electron chi connectivity index (χ2n) is 5.63. The number of benzene rings is 2. The quantitative estimate of drug-likeness (QED) is 0.702. The Kier molecular flexibility index (Phi) is 8.52. The second-order valence-corrected chi connectivity index (χ2v) is 5.63. The van der Waals surface area contributed by atoms with E-state index in [1.54, 1.807) is 14.2 Å². The lowest BCUT2D eigenvalue weighted by atomic mass is 10.1. The number of nitrogens with two attached hydrogens (primary N) is 1. The van der Waals surface area contributed by atoms with Crippen molar-refractivity contribution in [2.45, 2.75) is 25.8 Å². The van der Waals surface area contributed by atoms with E-state index in [9.17, 15) is 0 Å². The molecule has 0 amide bonds. The molecule has 0 aliphatic heterocycles. The molecule has 1 unspecified atom stereocenters. The van der Waals surface area contributed by atoms with Gasteiger partial charge in [-0.1, -0.05) is 36.4 Å². The molecule has 3 nitrogen and oxygen atoms in total. The highest BCUT2D eigenvalue weighted by Crippen LogP contribution is 2.27. The SMILES string of the molecule is COc1ccc(CC[NH2+]C(C)Cc2ccccc2)cc1OC.[Cl-]. The minimum absolute atomic E-state index is 0. The first-order valence-corrected chi connectivity index (χ1v) is 7.81. The Morgan fingerprint density at radius 2 is 1.61 bits per heavy atom. The van der Waals surface area contributed by atoms with Crippen LogP contribution < -0.4 is 27.2 Å². The van der Waals surface area contributed by atoms with Crippen LogP contribution in [0.15, 0.2) is 48.5 Å². The Labute approximate surface area is 145 Å². The van der Waals surface area contributed by atoms with Crippen LogP contribution in [0.3, 0.4) is 0 Å². The first-order chi connectivity index (χ1) is 10.7. The van der Waals surface area contributed by atoms with Crippen LogP contribution in [0.5, 0.6) is 11.5 Å². The zero-order chi connectivity index (χ0) is 15.8. The van der Waals surface area contributed by atoms with E-state index in [4.69, 9.17) is 9.47 Å². The summed E-state index contributed by atoms with van der Waals surface area (Å²) in [7, 11) is 3.34. The molecule has 23 heavy (non-hydrogen) atoms. The number of ether oxygens (including phenoxy) is 2. The van der Waals surface area contributed by atoms with Crippen LogP contribution in [0.4, 0.5) is 0 Å². The van der Waals surface area contributed by atoms with Gasteiger partial charge in [0.1, 0.15) is 0 Å². The third kappa shape index (κ3) is 6.12. The van der Waals surface area contributed by atoms with Crippen molar-refractivity contribution in [3.63, 3.8) is 0 Å². The predicted octanol–water partition coefficient (Wildman–Crippen LogP) is -0.555. The molecule has 0 heterocycles. The van der Waals surface area contributed by atoms with E-state index < -0.39 is 0 Å². The summed E-state index contributed by atoms with van der Waals surface area (Å²) in [5.74, 6) is 1.59. The van der Waals surface area contributed by atoms with E-state index in [0.29, 0.717) is 6.04 Å². The molecule has 0 aromatic heterocycles. The van der Waals surface area contributed by atoms with Gasteiger partial charge < -0.3 is 27.2 Å². The fourth-order valence-corrected chi connectivity index (χ4v) is 2.64. The molecule has 2 rings (SSSR count). The summed E-state index contributed by atoms with van der Waals surface area (Å²) in [5.41, 5.74) is 2.68. The van der Waals surface area contributed by atoms with E-state index in [1.165, 1.54) is 11.1 Å². The molecule has 0 aliphatic rings. The predicted molar refractivity (Wildman–Crippen MR) is 89.7 cm³/mol. The number of hydrogen-bond acceptors (Lipinski definition) is 2. The zero-order valence-corrected chi connectivity index (χ0v) is 14.8. The number of methoxy groups -OCH3 is 2. The lowest BCUT2D eigenvalue weighted by Crippen LogP contribution is -3.00. The van der Waals surface area contributed by atoms with Gasteiger partial charge in [0.15, 0.2) is 11.5 Å². The van der Waals surface area contributed by atoms with Gasteiger partial charge in [0, 0.05) is 12.8 Å². The summed E-state index contributed by atoms with van der Waals surface area (Å²) in [6.07, 6.45) is 2.13. The topological polar surface area (TPSA) is 35.1 Å². The van der Waals surface area contributed by atoms with Crippen molar-refractivity contribution in [3.05, 3.63) is 59.7 Å².